The van der Waals surface area contributed by atoms with E-state index in [0.29, 0.717) is 5.06 Å². The number of benzene rings is 1. The van der Waals surface area contributed by atoms with E-state index in [9.17, 15) is 23.2 Å². The summed E-state index contributed by atoms with van der Waals surface area (Å²) in [5.74, 6) is -2.63. The van der Waals surface area contributed by atoms with Gasteiger partial charge in [-0.15, -0.1) is 0 Å². The van der Waals surface area contributed by atoms with Gasteiger partial charge in [0.05, 0.1) is 11.1 Å². The van der Waals surface area contributed by atoms with E-state index in [1.54, 1.807) is 12.1 Å². The Morgan fingerprint density at radius 2 is 1.74 bits per heavy atom. The summed E-state index contributed by atoms with van der Waals surface area (Å²) in [6.45, 7) is -0.680. The molecule has 1 aromatic heterocycles. The molecule has 7 nitrogen and oxygen atoms in total. The molecule has 0 atom stereocenters. The second-order valence-electron chi connectivity index (χ2n) is 4.64. The lowest BCUT2D eigenvalue weighted by atomic mass is 10.1. The van der Waals surface area contributed by atoms with E-state index < -0.39 is 30.8 Å². The van der Waals surface area contributed by atoms with Gasteiger partial charge in [-0.25, -0.2) is 13.6 Å². The van der Waals surface area contributed by atoms with Crippen LogP contribution in [0.4, 0.5) is 8.78 Å². The summed E-state index contributed by atoms with van der Waals surface area (Å²) in [6, 6.07) is 7.16. The minimum Gasteiger partial charge on any atom is -0.322 e. The molecule has 0 fully saturated rings. The standard InChI is InChI=1S/C14H9F2N3O4/c15-11(16)7-18-6-5-10(17-18)14(22)23-19-12(20)8-3-1-2-4-9(8)13(19)21/h1-6,11H,7H2. The predicted octanol–water partition coefficient (Wildman–Crippen LogP) is 1.52. The van der Waals surface area contributed by atoms with Crippen LogP contribution in [0, 0.1) is 0 Å². The zero-order chi connectivity index (χ0) is 16.6. The van der Waals surface area contributed by atoms with Crippen LogP contribution in [-0.4, -0.2) is 39.1 Å². The molecule has 0 radical (unpaired) electrons. The first kappa shape index (κ1) is 14.8. The van der Waals surface area contributed by atoms with Crippen molar-refractivity contribution < 1.29 is 28.0 Å². The van der Waals surface area contributed by atoms with Crippen molar-refractivity contribution in [2.45, 2.75) is 13.0 Å². The minimum absolute atomic E-state index is 0.119. The molecule has 0 saturated heterocycles. The second kappa shape index (κ2) is 5.59. The van der Waals surface area contributed by atoms with Crippen molar-refractivity contribution >= 4 is 17.8 Å². The van der Waals surface area contributed by atoms with E-state index >= 15 is 0 Å². The van der Waals surface area contributed by atoms with Crippen molar-refractivity contribution in [1.29, 1.82) is 0 Å². The summed E-state index contributed by atoms with van der Waals surface area (Å²) in [5.41, 5.74) is -0.0516. The van der Waals surface area contributed by atoms with Crippen LogP contribution >= 0.6 is 0 Å². The number of amides is 2. The number of carbonyl (C=O) groups excluding carboxylic acids is 3. The lowest BCUT2D eigenvalue weighted by molar-refractivity contribution is -0.0589. The van der Waals surface area contributed by atoms with E-state index in [0.717, 1.165) is 10.7 Å². The van der Waals surface area contributed by atoms with Gasteiger partial charge >= 0.3 is 5.97 Å². The molecule has 0 unspecified atom stereocenters. The number of imide groups is 1. The normalized spacial score (nSPS) is 13.6. The topological polar surface area (TPSA) is 81.5 Å². The fraction of sp³-hybridized carbons (Fsp3) is 0.143. The Morgan fingerprint density at radius 3 is 2.30 bits per heavy atom. The molecule has 3 rings (SSSR count). The molecule has 0 bridgehead atoms. The van der Waals surface area contributed by atoms with E-state index in [2.05, 4.69) is 5.10 Å². The fourth-order valence-corrected chi connectivity index (χ4v) is 2.09. The largest absolute Gasteiger partial charge is 0.384 e. The van der Waals surface area contributed by atoms with Gasteiger partial charge < -0.3 is 4.84 Å². The highest BCUT2D eigenvalue weighted by Crippen LogP contribution is 2.23. The zero-order valence-corrected chi connectivity index (χ0v) is 11.5. The Hall–Kier alpha value is -3.10. The van der Waals surface area contributed by atoms with Crippen LogP contribution < -0.4 is 0 Å². The van der Waals surface area contributed by atoms with Crippen molar-refractivity contribution in [2.24, 2.45) is 0 Å². The van der Waals surface area contributed by atoms with E-state index in [4.69, 9.17) is 4.84 Å². The highest BCUT2D eigenvalue weighted by molar-refractivity contribution is 6.21. The van der Waals surface area contributed by atoms with Crippen molar-refractivity contribution in [2.75, 3.05) is 0 Å². The van der Waals surface area contributed by atoms with Crippen LogP contribution in [0.3, 0.4) is 0 Å². The average molecular weight is 321 g/mol. The van der Waals surface area contributed by atoms with Crippen molar-refractivity contribution in [3.63, 3.8) is 0 Å². The SMILES string of the molecule is O=C(ON1C(=O)c2ccccc2C1=O)c1ccn(CC(F)F)n1. The lowest BCUT2D eigenvalue weighted by Gasteiger charge is -2.11. The Kier molecular flexibility index (Phi) is 3.61. The number of hydroxylamine groups is 2. The average Bonchev–Trinajstić information content (AvgIpc) is 3.06. The van der Waals surface area contributed by atoms with Gasteiger partial charge in [-0.1, -0.05) is 17.2 Å². The quantitative estimate of drug-likeness (QED) is 0.798. The maximum atomic E-state index is 12.2. The smallest absolute Gasteiger partial charge is 0.322 e. The molecule has 2 amide bonds. The summed E-state index contributed by atoms with van der Waals surface area (Å²) in [4.78, 5) is 40.7. The monoisotopic (exact) mass is 321 g/mol. The van der Waals surface area contributed by atoms with Gasteiger partial charge in [0.15, 0.2) is 5.69 Å². The molecule has 0 aliphatic carbocycles. The molecular formula is C14H9F2N3O4. The number of hydrogen-bond donors (Lipinski definition) is 0. The van der Waals surface area contributed by atoms with E-state index in [-0.39, 0.29) is 16.8 Å². The molecule has 1 aliphatic heterocycles. The van der Waals surface area contributed by atoms with E-state index in [1.165, 1.54) is 18.3 Å². The third-order valence-electron chi connectivity index (χ3n) is 3.11. The van der Waals surface area contributed by atoms with Crippen molar-refractivity contribution in [3.05, 3.63) is 53.3 Å². The van der Waals surface area contributed by atoms with Crippen LogP contribution in [0.15, 0.2) is 36.5 Å². The summed E-state index contributed by atoms with van der Waals surface area (Å²) in [7, 11) is 0. The van der Waals surface area contributed by atoms with Crippen LogP contribution in [0.25, 0.3) is 0 Å². The number of rotatable bonds is 4. The number of alkyl halides is 2. The van der Waals surface area contributed by atoms with Gasteiger partial charge in [-0.3, -0.25) is 14.3 Å². The molecule has 2 heterocycles. The molecular weight excluding hydrogens is 312 g/mol. The third-order valence-corrected chi connectivity index (χ3v) is 3.11. The zero-order valence-electron chi connectivity index (χ0n) is 11.5. The molecule has 0 N–H and O–H groups in total. The molecule has 118 valence electrons. The molecule has 1 aliphatic rings. The Balaban J connectivity index is 1.75. The number of fused-ring (bicyclic) bond motifs is 1. The van der Waals surface area contributed by atoms with Crippen LogP contribution in [0.2, 0.25) is 0 Å². The Morgan fingerprint density at radius 1 is 1.13 bits per heavy atom. The number of hydrogen-bond acceptors (Lipinski definition) is 5. The van der Waals surface area contributed by atoms with Gasteiger partial charge in [0.1, 0.15) is 6.54 Å². The molecule has 0 saturated carbocycles. The highest BCUT2D eigenvalue weighted by Gasteiger charge is 2.39. The molecule has 1 aromatic carbocycles. The first-order valence-electron chi connectivity index (χ1n) is 6.49. The first-order valence-corrected chi connectivity index (χ1v) is 6.49. The summed E-state index contributed by atoms with van der Waals surface area (Å²) >= 11 is 0. The van der Waals surface area contributed by atoms with Crippen LogP contribution in [0.1, 0.15) is 31.2 Å². The molecule has 0 spiro atoms. The maximum Gasteiger partial charge on any atom is 0.384 e. The number of aromatic nitrogens is 2. The lowest BCUT2D eigenvalue weighted by Crippen LogP contribution is -2.32. The number of carbonyl (C=O) groups is 3. The molecule has 23 heavy (non-hydrogen) atoms. The predicted molar refractivity (Wildman–Crippen MR) is 70.6 cm³/mol. The number of halogens is 2. The third kappa shape index (κ3) is 2.68. The summed E-state index contributed by atoms with van der Waals surface area (Å²) in [6.07, 6.45) is -1.46. The highest BCUT2D eigenvalue weighted by atomic mass is 19.3. The second-order valence-corrected chi connectivity index (χ2v) is 4.64. The van der Waals surface area contributed by atoms with Gasteiger partial charge in [-0.05, 0) is 18.2 Å². The first-order chi connectivity index (χ1) is 11.0. The van der Waals surface area contributed by atoms with Gasteiger partial charge in [0.25, 0.3) is 18.2 Å². The van der Waals surface area contributed by atoms with Gasteiger partial charge in [0, 0.05) is 6.20 Å². The molecule has 2 aromatic rings. The maximum absolute atomic E-state index is 12.2. The Labute approximate surface area is 128 Å². The Bertz CT molecular complexity index is 768. The van der Waals surface area contributed by atoms with Crippen LogP contribution in [-0.2, 0) is 11.4 Å². The van der Waals surface area contributed by atoms with E-state index in [1.807, 2.05) is 0 Å². The van der Waals surface area contributed by atoms with Gasteiger partial charge in [0.2, 0.25) is 0 Å². The number of nitrogens with zero attached hydrogens (tertiary/aromatic N) is 3. The van der Waals surface area contributed by atoms with Gasteiger partial charge in [-0.2, -0.15) is 5.10 Å². The summed E-state index contributed by atoms with van der Waals surface area (Å²) < 4.78 is 25.3. The summed E-state index contributed by atoms with van der Waals surface area (Å²) in [5, 5.41) is 3.94. The molecule has 9 heteroatoms. The van der Waals surface area contributed by atoms with Crippen LogP contribution in [0.5, 0.6) is 0 Å². The minimum atomic E-state index is -2.63. The van der Waals surface area contributed by atoms with Crippen molar-refractivity contribution in [3.8, 4) is 0 Å². The van der Waals surface area contributed by atoms with Crippen molar-refractivity contribution in [1.82, 2.24) is 14.8 Å². The fourth-order valence-electron chi connectivity index (χ4n) is 2.09.